The highest BCUT2D eigenvalue weighted by Gasteiger charge is 2.24. The van der Waals surface area contributed by atoms with Crippen molar-refractivity contribution in [2.24, 2.45) is 5.92 Å². The summed E-state index contributed by atoms with van der Waals surface area (Å²) in [4.78, 5) is 12.4. The van der Waals surface area contributed by atoms with Crippen LogP contribution in [0.4, 0.5) is 11.4 Å². The smallest absolute Gasteiger partial charge is 0.229 e. The van der Waals surface area contributed by atoms with Gasteiger partial charge in [0, 0.05) is 21.7 Å². The highest BCUT2D eigenvalue weighted by Crippen LogP contribution is 2.28. The molecule has 21 heavy (non-hydrogen) atoms. The number of amides is 1. The number of anilines is 2. The van der Waals surface area contributed by atoms with Crippen molar-refractivity contribution < 1.29 is 4.79 Å². The molecule has 1 aliphatic heterocycles. The first-order valence-electron chi connectivity index (χ1n) is 6.71. The van der Waals surface area contributed by atoms with Crippen LogP contribution in [0.3, 0.4) is 0 Å². The Labute approximate surface area is 136 Å². The van der Waals surface area contributed by atoms with Gasteiger partial charge < -0.3 is 10.6 Å². The summed E-state index contributed by atoms with van der Waals surface area (Å²) in [6, 6.07) is 13.4. The van der Waals surface area contributed by atoms with Gasteiger partial charge in [-0.2, -0.15) is 0 Å². The number of halogens is 2. The predicted octanol–water partition coefficient (Wildman–Crippen LogP) is 4.33. The molecule has 0 saturated carbocycles. The predicted molar refractivity (Wildman–Crippen MR) is 89.9 cm³/mol. The summed E-state index contributed by atoms with van der Waals surface area (Å²) in [7, 11) is 0. The Morgan fingerprint density at radius 1 is 1.29 bits per heavy atom. The fourth-order valence-electron chi connectivity index (χ4n) is 2.45. The molecule has 2 aromatic rings. The van der Waals surface area contributed by atoms with E-state index in [0.717, 1.165) is 22.3 Å². The van der Waals surface area contributed by atoms with Gasteiger partial charge in [-0.25, -0.2) is 0 Å². The Kier molecular flexibility index (Phi) is 4.17. The average Bonchev–Trinajstić information content (AvgIpc) is 2.49. The number of hydrogen-bond acceptors (Lipinski definition) is 2. The molecular formula is C16H14BrClN2O. The standard InChI is InChI=1S/C16H14BrClN2O/c17-13-8-12(18)5-6-15(13)20-16(21)11-7-10-3-1-2-4-14(10)19-9-11/h1-6,8,11,19H,7,9H2,(H,20,21). The van der Waals surface area contributed by atoms with Crippen molar-refractivity contribution in [3.63, 3.8) is 0 Å². The van der Waals surface area contributed by atoms with E-state index in [2.05, 4.69) is 32.6 Å². The lowest BCUT2D eigenvalue weighted by molar-refractivity contribution is -0.119. The molecule has 0 aromatic heterocycles. The minimum atomic E-state index is -0.0810. The number of fused-ring (bicyclic) bond motifs is 1. The Morgan fingerprint density at radius 3 is 2.90 bits per heavy atom. The first kappa shape index (κ1) is 14.4. The minimum absolute atomic E-state index is 0.0139. The van der Waals surface area contributed by atoms with Crippen molar-refractivity contribution in [1.29, 1.82) is 0 Å². The van der Waals surface area contributed by atoms with Crippen molar-refractivity contribution in [3.05, 3.63) is 57.5 Å². The number of carbonyl (C=O) groups is 1. The molecule has 0 saturated heterocycles. The van der Waals surface area contributed by atoms with Gasteiger partial charge in [-0.15, -0.1) is 0 Å². The molecule has 1 amide bonds. The molecular weight excluding hydrogens is 352 g/mol. The molecule has 1 heterocycles. The lowest BCUT2D eigenvalue weighted by atomic mass is 9.93. The van der Waals surface area contributed by atoms with Gasteiger partial charge >= 0.3 is 0 Å². The summed E-state index contributed by atoms with van der Waals surface area (Å²) in [5.74, 6) is -0.0671. The van der Waals surface area contributed by atoms with Crippen LogP contribution < -0.4 is 10.6 Å². The average molecular weight is 366 g/mol. The van der Waals surface area contributed by atoms with E-state index < -0.39 is 0 Å². The lowest BCUT2D eigenvalue weighted by Gasteiger charge is -2.25. The first-order chi connectivity index (χ1) is 10.1. The fourth-order valence-corrected chi connectivity index (χ4v) is 3.23. The van der Waals surface area contributed by atoms with Crippen LogP contribution in [0.5, 0.6) is 0 Å². The Morgan fingerprint density at radius 2 is 2.10 bits per heavy atom. The quantitative estimate of drug-likeness (QED) is 0.832. The third-order valence-corrected chi connectivity index (χ3v) is 4.47. The normalized spacial score (nSPS) is 16.8. The fraction of sp³-hybridized carbons (Fsp3) is 0.188. The molecule has 1 unspecified atom stereocenters. The second-order valence-corrected chi connectivity index (χ2v) is 6.34. The zero-order valence-electron chi connectivity index (χ0n) is 11.2. The topological polar surface area (TPSA) is 41.1 Å². The van der Waals surface area contributed by atoms with E-state index in [1.807, 2.05) is 18.2 Å². The number of carbonyl (C=O) groups excluding carboxylic acids is 1. The molecule has 0 radical (unpaired) electrons. The third-order valence-electron chi connectivity index (χ3n) is 3.58. The zero-order chi connectivity index (χ0) is 14.8. The number of benzene rings is 2. The maximum absolute atomic E-state index is 12.4. The first-order valence-corrected chi connectivity index (χ1v) is 7.88. The molecule has 2 N–H and O–H groups in total. The van der Waals surface area contributed by atoms with E-state index >= 15 is 0 Å². The molecule has 2 aromatic carbocycles. The summed E-state index contributed by atoms with van der Waals surface area (Å²) in [5, 5.41) is 6.90. The van der Waals surface area contributed by atoms with Crippen molar-refractivity contribution in [2.45, 2.75) is 6.42 Å². The molecule has 0 aliphatic carbocycles. The molecule has 0 fully saturated rings. The van der Waals surface area contributed by atoms with Crippen LogP contribution >= 0.6 is 27.5 Å². The van der Waals surface area contributed by atoms with Crippen LogP contribution in [-0.2, 0) is 11.2 Å². The Bertz CT molecular complexity index is 690. The van der Waals surface area contributed by atoms with Crippen LogP contribution in [0.25, 0.3) is 0 Å². The molecule has 1 aliphatic rings. The van der Waals surface area contributed by atoms with Gasteiger partial charge in [0.1, 0.15) is 0 Å². The van der Waals surface area contributed by atoms with Gasteiger partial charge in [0.05, 0.1) is 11.6 Å². The summed E-state index contributed by atoms with van der Waals surface area (Å²) in [6.45, 7) is 0.647. The lowest BCUT2D eigenvalue weighted by Crippen LogP contribution is -2.33. The van der Waals surface area contributed by atoms with Crippen LogP contribution in [0.1, 0.15) is 5.56 Å². The highest BCUT2D eigenvalue weighted by atomic mass is 79.9. The van der Waals surface area contributed by atoms with Crippen molar-refractivity contribution in [1.82, 2.24) is 0 Å². The molecule has 1 atom stereocenters. The second kappa shape index (κ2) is 6.08. The Hall–Kier alpha value is -1.52. The largest absolute Gasteiger partial charge is 0.384 e. The van der Waals surface area contributed by atoms with Crippen molar-refractivity contribution >= 4 is 44.8 Å². The molecule has 0 bridgehead atoms. The van der Waals surface area contributed by atoms with Crippen molar-refractivity contribution in [3.8, 4) is 0 Å². The molecule has 3 rings (SSSR count). The number of nitrogens with one attached hydrogen (secondary N) is 2. The SMILES string of the molecule is O=C(Nc1ccc(Cl)cc1Br)C1CNc2ccccc2C1. The van der Waals surface area contributed by atoms with Crippen LogP contribution in [-0.4, -0.2) is 12.5 Å². The van der Waals surface area contributed by atoms with Crippen molar-refractivity contribution in [2.75, 3.05) is 17.2 Å². The summed E-state index contributed by atoms with van der Waals surface area (Å²) in [5.41, 5.74) is 3.04. The van der Waals surface area contributed by atoms with E-state index in [-0.39, 0.29) is 11.8 Å². The van der Waals surface area contributed by atoms with Crippen LogP contribution in [0, 0.1) is 5.92 Å². The molecule has 5 heteroatoms. The number of para-hydroxylation sites is 1. The van der Waals surface area contributed by atoms with Gasteiger partial charge in [0.25, 0.3) is 0 Å². The summed E-state index contributed by atoms with van der Waals surface area (Å²) < 4.78 is 0.785. The zero-order valence-corrected chi connectivity index (χ0v) is 13.5. The Balaban J connectivity index is 1.72. The van der Waals surface area contributed by atoms with E-state index in [1.165, 1.54) is 5.56 Å². The highest BCUT2D eigenvalue weighted by molar-refractivity contribution is 9.10. The van der Waals surface area contributed by atoms with E-state index in [0.29, 0.717) is 11.6 Å². The molecule has 3 nitrogen and oxygen atoms in total. The maximum atomic E-state index is 12.4. The maximum Gasteiger partial charge on any atom is 0.229 e. The van der Waals surface area contributed by atoms with Crippen LogP contribution in [0.15, 0.2) is 46.9 Å². The van der Waals surface area contributed by atoms with Crippen LogP contribution in [0.2, 0.25) is 5.02 Å². The summed E-state index contributed by atoms with van der Waals surface area (Å²) >= 11 is 9.32. The van der Waals surface area contributed by atoms with E-state index in [1.54, 1.807) is 18.2 Å². The molecule has 108 valence electrons. The van der Waals surface area contributed by atoms with Gasteiger partial charge in [0.15, 0.2) is 0 Å². The van der Waals surface area contributed by atoms with Gasteiger partial charge in [0.2, 0.25) is 5.91 Å². The van der Waals surface area contributed by atoms with Gasteiger partial charge in [-0.3, -0.25) is 4.79 Å². The molecule has 0 spiro atoms. The number of rotatable bonds is 2. The van der Waals surface area contributed by atoms with E-state index in [4.69, 9.17) is 11.6 Å². The number of hydrogen-bond donors (Lipinski definition) is 2. The minimum Gasteiger partial charge on any atom is -0.384 e. The van der Waals surface area contributed by atoms with Gasteiger partial charge in [-0.1, -0.05) is 29.8 Å². The van der Waals surface area contributed by atoms with E-state index in [9.17, 15) is 4.79 Å². The third kappa shape index (κ3) is 3.22. The summed E-state index contributed by atoms with van der Waals surface area (Å²) in [6.07, 6.45) is 0.750. The monoisotopic (exact) mass is 364 g/mol. The van der Waals surface area contributed by atoms with Gasteiger partial charge in [-0.05, 0) is 52.2 Å². The second-order valence-electron chi connectivity index (χ2n) is 5.05.